The second kappa shape index (κ2) is 5.85. The molecule has 0 aliphatic heterocycles. The molecular weight excluding hydrogens is 278 g/mol. The molecule has 0 aliphatic carbocycles. The highest BCUT2D eigenvalue weighted by atomic mass is 16.5. The van der Waals surface area contributed by atoms with Gasteiger partial charge in [0.1, 0.15) is 11.5 Å². The van der Waals surface area contributed by atoms with Crippen LogP contribution in [0.2, 0.25) is 0 Å². The standard InChI is InChI=1S/C18H15NO3/c1-21-13-9-12(10-14(11-13)22-2)18(20)16-7-8-19-17-6-4-3-5-15(16)17/h3-11H,1-2H3. The monoisotopic (exact) mass is 293 g/mol. The highest BCUT2D eigenvalue weighted by Crippen LogP contribution is 2.26. The summed E-state index contributed by atoms with van der Waals surface area (Å²) in [6.45, 7) is 0. The number of ketones is 1. The lowest BCUT2D eigenvalue weighted by molar-refractivity contribution is 0.103. The Morgan fingerprint density at radius 3 is 2.32 bits per heavy atom. The van der Waals surface area contributed by atoms with E-state index in [4.69, 9.17) is 9.47 Å². The van der Waals surface area contributed by atoms with Crippen LogP contribution >= 0.6 is 0 Å². The van der Waals surface area contributed by atoms with Crippen LogP contribution in [0.4, 0.5) is 0 Å². The third-order valence-electron chi connectivity index (χ3n) is 3.51. The normalized spacial score (nSPS) is 10.5. The summed E-state index contributed by atoms with van der Waals surface area (Å²) < 4.78 is 10.5. The Morgan fingerprint density at radius 2 is 1.64 bits per heavy atom. The number of carbonyl (C=O) groups is 1. The van der Waals surface area contributed by atoms with Gasteiger partial charge in [0.15, 0.2) is 5.78 Å². The molecule has 0 radical (unpaired) electrons. The molecule has 1 aromatic heterocycles. The maximum absolute atomic E-state index is 12.9. The van der Waals surface area contributed by atoms with E-state index in [9.17, 15) is 4.79 Å². The number of hydrogen-bond donors (Lipinski definition) is 0. The molecule has 4 heteroatoms. The third-order valence-corrected chi connectivity index (χ3v) is 3.51. The van der Waals surface area contributed by atoms with E-state index < -0.39 is 0 Å². The first-order chi connectivity index (χ1) is 10.7. The third kappa shape index (κ3) is 2.51. The number of ether oxygens (including phenoxy) is 2. The fraction of sp³-hybridized carbons (Fsp3) is 0.111. The smallest absolute Gasteiger partial charge is 0.194 e. The molecule has 0 aliphatic rings. The first-order valence-corrected chi connectivity index (χ1v) is 6.84. The van der Waals surface area contributed by atoms with Crippen molar-refractivity contribution in [1.82, 2.24) is 4.98 Å². The zero-order valence-corrected chi connectivity index (χ0v) is 12.4. The number of rotatable bonds is 4. The predicted molar refractivity (Wildman–Crippen MR) is 84.7 cm³/mol. The number of hydrogen-bond acceptors (Lipinski definition) is 4. The molecule has 0 saturated heterocycles. The maximum atomic E-state index is 12.9. The van der Waals surface area contributed by atoms with Crippen molar-refractivity contribution in [2.75, 3.05) is 14.2 Å². The van der Waals surface area contributed by atoms with Crippen LogP contribution in [0.3, 0.4) is 0 Å². The molecular formula is C18H15NO3. The minimum absolute atomic E-state index is 0.0872. The average Bonchev–Trinajstić information content (AvgIpc) is 2.60. The summed E-state index contributed by atoms with van der Waals surface area (Å²) in [6, 6.07) is 14.5. The Kier molecular flexibility index (Phi) is 3.74. The van der Waals surface area contributed by atoms with E-state index in [0.717, 1.165) is 10.9 Å². The van der Waals surface area contributed by atoms with Crippen LogP contribution in [0, 0.1) is 0 Å². The molecule has 0 bridgehead atoms. The zero-order chi connectivity index (χ0) is 15.5. The summed E-state index contributed by atoms with van der Waals surface area (Å²) in [4.78, 5) is 17.1. The molecule has 22 heavy (non-hydrogen) atoms. The summed E-state index contributed by atoms with van der Waals surface area (Å²) >= 11 is 0. The molecule has 0 unspecified atom stereocenters. The molecule has 0 amide bonds. The lowest BCUT2D eigenvalue weighted by Gasteiger charge is -2.09. The fourth-order valence-electron chi connectivity index (χ4n) is 2.39. The number of para-hydroxylation sites is 1. The summed E-state index contributed by atoms with van der Waals surface area (Å²) in [5.74, 6) is 1.08. The van der Waals surface area contributed by atoms with Crippen molar-refractivity contribution < 1.29 is 14.3 Å². The lowest BCUT2D eigenvalue weighted by Crippen LogP contribution is -2.04. The minimum atomic E-state index is -0.0872. The Hall–Kier alpha value is -2.88. The van der Waals surface area contributed by atoms with Crippen LogP contribution in [0.5, 0.6) is 11.5 Å². The Morgan fingerprint density at radius 1 is 0.955 bits per heavy atom. The van der Waals surface area contributed by atoms with Gasteiger partial charge in [-0.15, -0.1) is 0 Å². The van der Waals surface area contributed by atoms with Gasteiger partial charge in [0.2, 0.25) is 0 Å². The first-order valence-electron chi connectivity index (χ1n) is 6.84. The highest BCUT2D eigenvalue weighted by Gasteiger charge is 2.15. The largest absolute Gasteiger partial charge is 0.497 e. The van der Waals surface area contributed by atoms with Crippen LogP contribution in [0.15, 0.2) is 54.7 Å². The zero-order valence-electron chi connectivity index (χ0n) is 12.4. The number of fused-ring (bicyclic) bond motifs is 1. The van der Waals surface area contributed by atoms with Crippen molar-refractivity contribution >= 4 is 16.7 Å². The lowest BCUT2D eigenvalue weighted by atomic mass is 9.99. The van der Waals surface area contributed by atoms with E-state index >= 15 is 0 Å². The molecule has 1 heterocycles. The van der Waals surface area contributed by atoms with E-state index in [2.05, 4.69) is 4.98 Å². The van der Waals surface area contributed by atoms with E-state index in [0.29, 0.717) is 22.6 Å². The molecule has 2 aromatic carbocycles. The van der Waals surface area contributed by atoms with Gasteiger partial charge in [0.25, 0.3) is 0 Å². The van der Waals surface area contributed by atoms with Crippen molar-refractivity contribution in [2.24, 2.45) is 0 Å². The van der Waals surface area contributed by atoms with Gasteiger partial charge in [0, 0.05) is 28.8 Å². The van der Waals surface area contributed by atoms with E-state index in [1.807, 2.05) is 24.3 Å². The van der Waals surface area contributed by atoms with Gasteiger partial charge in [-0.25, -0.2) is 0 Å². The molecule has 0 fully saturated rings. The number of pyridine rings is 1. The van der Waals surface area contributed by atoms with Crippen molar-refractivity contribution in [3.8, 4) is 11.5 Å². The van der Waals surface area contributed by atoms with Gasteiger partial charge in [0.05, 0.1) is 19.7 Å². The minimum Gasteiger partial charge on any atom is -0.497 e. The van der Waals surface area contributed by atoms with Crippen LogP contribution in [0.1, 0.15) is 15.9 Å². The quantitative estimate of drug-likeness (QED) is 0.691. The molecule has 4 nitrogen and oxygen atoms in total. The maximum Gasteiger partial charge on any atom is 0.194 e. The Balaban J connectivity index is 2.14. The molecule has 0 saturated carbocycles. The van der Waals surface area contributed by atoms with Crippen molar-refractivity contribution in [3.05, 3.63) is 65.9 Å². The fourth-order valence-corrected chi connectivity index (χ4v) is 2.39. The molecule has 0 atom stereocenters. The van der Waals surface area contributed by atoms with Gasteiger partial charge >= 0.3 is 0 Å². The summed E-state index contributed by atoms with van der Waals surface area (Å²) in [5, 5.41) is 0.830. The molecule has 0 spiro atoms. The Bertz CT molecular complexity index is 815. The van der Waals surface area contributed by atoms with Crippen LogP contribution < -0.4 is 9.47 Å². The summed E-state index contributed by atoms with van der Waals surface area (Å²) in [5.41, 5.74) is 1.93. The van der Waals surface area contributed by atoms with E-state index in [-0.39, 0.29) is 5.78 Å². The SMILES string of the molecule is COc1cc(OC)cc(C(=O)c2ccnc3ccccc23)c1. The highest BCUT2D eigenvalue weighted by molar-refractivity contribution is 6.16. The van der Waals surface area contributed by atoms with Crippen molar-refractivity contribution in [1.29, 1.82) is 0 Å². The first kappa shape index (κ1) is 14.1. The van der Waals surface area contributed by atoms with Gasteiger partial charge in [-0.3, -0.25) is 9.78 Å². The number of benzene rings is 2. The number of nitrogens with zero attached hydrogens (tertiary/aromatic N) is 1. The van der Waals surface area contributed by atoms with Crippen molar-refractivity contribution in [2.45, 2.75) is 0 Å². The predicted octanol–water partition coefficient (Wildman–Crippen LogP) is 3.48. The van der Waals surface area contributed by atoms with Gasteiger partial charge < -0.3 is 9.47 Å². The molecule has 110 valence electrons. The second-order valence-corrected chi connectivity index (χ2v) is 4.81. The van der Waals surface area contributed by atoms with Crippen molar-refractivity contribution in [3.63, 3.8) is 0 Å². The number of carbonyl (C=O) groups excluding carboxylic acids is 1. The average molecular weight is 293 g/mol. The van der Waals surface area contributed by atoms with Gasteiger partial charge in [-0.1, -0.05) is 18.2 Å². The van der Waals surface area contributed by atoms with E-state index in [1.165, 1.54) is 0 Å². The van der Waals surface area contributed by atoms with Crippen LogP contribution in [-0.2, 0) is 0 Å². The molecule has 0 N–H and O–H groups in total. The summed E-state index contributed by atoms with van der Waals surface area (Å²) in [7, 11) is 3.12. The van der Waals surface area contributed by atoms with E-state index in [1.54, 1.807) is 44.7 Å². The topological polar surface area (TPSA) is 48.4 Å². The van der Waals surface area contributed by atoms with Crippen LogP contribution in [0.25, 0.3) is 10.9 Å². The molecule has 3 rings (SSSR count). The second-order valence-electron chi connectivity index (χ2n) is 4.81. The number of aromatic nitrogens is 1. The Labute approximate surface area is 128 Å². The molecule has 3 aromatic rings. The number of methoxy groups -OCH3 is 2. The summed E-state index contributed by atoms with van der Waals surface area (Å²) in [6.07, 6.45) is 1.65. The van der Waals surface area contributed by atoms with Gasteiger partial charge in [-0.05, 0) is 24.3 Å². The van der Waals surface area contributed by atoms with Gasteiger partial charge in [-0.2, -0.15) is 0 Å². The van der Waals surface area contributed by atoms with Crippen LogP contribution in [-0.4, -0.2) is 25.0 Å².